The molecule has 0 aromatic carbocycles. The molecule has 0 saturated carbocycles. The van der Waals surface area contributed by atoms with Gasteiger partial charge in [0.2, 0.25) is 0 Å². The highest BCUT2D eigenvalue weighted by molar-refractivity contribution is 6.99. The predicted octanol–water partition coefficient (Wildman–Crippen LogP) is 2.00. The fourth-order valence-electron chi connectivity index (χ4n) is 2.00. The molecule has 1 unspecified atom stereocenters. The summed E-state index contributed by atoms with van der Waals surface area (Å²) in [6.45, 7) is 8.60. The Morgan fingerprint density at radius 3 is 2.68 bits per heavy atom. The minimum atomic E-state index is -1.82. The largest absolute Gasteiger partial charge is 0.475 e. The van der Waals surface area contributed by atoms with Crippen molar-refractivity contribution in [2.75, 3.05) is 26.7 Å². The van der Waals surface area contributed by atoms with E-state index in [9.17, 15) is 0 Å². The fourth-order valence-corrected chi connectivity index (χ4v) is 2.53. The van der Waals surface area contributed by atoms with Gasteiger partial charge in [0.25, 0.3) is 5.88 Å². The van der Waals surface area contributed by atoms with Crippen molar-refractivity contribution in [3.63, 3.8) is 0 Å². The van der Waals surface area contributed by atoms with E-state index < -0.39 is 11.9 Å². The molecule has 0 aliphatic carbocycles. The first-order valence-electron chi connectivity index (χ1n) is 7.77. The molecule has 1 aromatic rings. The lowest BCUT2D eigenvalue weighted by atomic mass is 10.1. The summed E-state index contributed by atoms with van der Waals surface area (Å²) in [5.74, 6) is -2.50. The Kier molecular flexibility index (Phi) is 8.79. The van der Waals surface area contributed by atoms with Crippen molar-refractivity contribution in [1.29, 1.82) is 0 Å². The van der Waals surface area contributed by atoms with Gasteiger partial charge >= 0.3 is 11.9 Å². The second-order valence-electron chi connectivity index (χ2n) is 5.63. The maximum atomic E-state index is 9.10. The SMILES string of the molecule is C=CC(C)CCOc1nsnc1C1=CCCN(C)C1.O=C(O)C(=O)O. The van der Waals surface area contributed by atoms with Gasteiger partial charge in [-0.15, -0.1) is 11.0 Å². The standard InChI is InChI=1S/C14H21N3OS.C2H2O4/c1-4-11(2)7-9-18-14-13(15-19-16-14)12-6-5-8-17(3)10-12;3-1(4)2(5)6/h4,6,11H,1,5,7-10H2,2-3H3;(H,3,4)(H,5,6). The van der Waals surface area contributed by atoms with Gasteiger partial charge in [-0.25, -0.2) is 9.59 Å². The zero-order chi connectivity index (χ0) is 18.8. The number of aromatic nitrogens is 2. The van der Waals surface area contributed by atoms with E-state index in [1.54, 1.807) is 0 Å². The number of nitrogens with zero attached hydrogens (tertiary/aromatic N) is 3. The second-order valence-corrected chi connectivity index (χ2v) is 6.16. The first-order chi connectivity index (χ1) is 11.8. The number of carbonyl (C=O) groups is 2. The highest BCUT2D eigenvalue weighted by atomic mass is 32.1. The topological polar surface area (TPSA) is 113 Å². The number of likely N-dealkylation sites (N-methyl/N-ethyl adjacent to an activating group) is 1. The summed E-state index contributed by atoms with van der Waals surface area (Å²) >= 11 is 1.22. The Morgan fingerprint density at radius 1 is 1.44 bits per heavy atom. The monoisotopic (exact) mass is 369 g/mol. The number of carboxylic acid groups (broad SMARTS) is 2. The van der Waals surface area contributed by atoms with Crippen LogP contribution in [0.25, 0.3) is 5.57 Å². The van der Waals surface area contributed by atoms with Crippen LogP contribution >= 0.6 is 11.7 Å². The second kappa shape index (κ2) is 10.6. The first kappa shape index (κ1) is 20.8. The highest BCUT2D eigenvalue weighted by Crippen LogP contribution is 2.27. The van der Waals surface area contributed by atoms with E-state index >= 15 is 0 Å². The van der Waals surface area contributed by atoms with Crippen molar-refractivity contribution in [3.8, 4) is 5.88 Å². The number of carboxylic acids is 2. The maximum Gasteiger partial charge on any atom is 0.414 e. The molecule has 138 valence electrons. The number of allylic oxidation sites excluding steroid dienone is 1. The molecule has 9 heteroatoms. The summed E-state index contributed by atoms with van der Waals surface area (Å²) in [4.78, 5) is 20.5. The molecule has 1 atom stereocenters. The number of hydrogen-bond acceptors (Lipinski definition) is 7. The van der Waals surface area contributed by atoms with Crippen LogP contribution in [0.1, 0.15) is 25.5 Å². The van der Waals surface area contributed by atoms with E-state index in [0.717, 1.165) is 31.6 Å². The summed E-state index contributed by atoms with van der Waals surface area (Å²) in [5, 5.41) is 14.8. The Hall–Kier alpha value is -2.26. The minimum Gasteiger partial charge on any atom is -0.475 e. The third-order valence-electron chi connectivity index (χ3n) is 3.50. The summed E-state index contributed by atoms with van der Waals surface area (Å²) in [6.07, 6.45) is 6.22. The van der Waals surface area contributed by atoms with E-state index in [4.69, 9.17) is 24.5 Å². The quantitative estimate of drug-likeness (QED) is 0.578. The Bertz CT molecular complexity index is 617. The Balaban J connectivity index is 0.000000450. The van der Waals surface area contributed by atoms with Gasteiger partial charge in [-0.1, -0.05) is 19.1 Å². The summed E-state index contributed by atoms with van der Waals surface area (Å²) in [5.41, 5.74) is 2.15. The molecule has 0 amide bonds. The van der Waals surface area contributed by atoms with Gasteiger partial charge in [0.15, 0.2) is 0 Å². The van der Waals surface area contributed by atoms with Crippen LogP contribution < -0.4 is 4.74 Å². The van der Waals surface area contributed by atoms with Gasteiger partial charge in [-0.2, -0.15) is 4.37 Å². The zero-order valence-electron chi connectivity index (χ0n) is 14.3. The van der Waals surface area contributed by atoms with E-state index in [-0.39, 0.29) is 0 Å². The normalized spacial score (nSPS) is 15.4. The van der Waals surface area contributed by atoms with Crippen LogP contribution in [0.15, 0.2) is 18.7 Å². The van der Waals surface area contributed by atoms with Crippen molar-refractivity contribution < 1.29 is 24.5 Å². The third kappa shape index (κ3) is 7.44. The molecule has 2 rings (SSSR count). The lowest BCUT2D eigenvalue weighted by Gasteiger charge is -2.22. The molecule has 0 bridgehead atoms. The maximum absolute atomic E-state index is 9.10. The van der Waals surface area contributed by atoms with E-state index in [2.05, 4.69) is 40.3 Å². The molecule has 8 nitrogen and oxygen atoms in total. The molecular weight excluding hydrogens is 346 g/mol. The van der Waals surface area contributed by atoms with Crippen LogP contribution in [0.5, 0.6) is 5.88 Å². The van der Waals surface area contributed by atoms with Gasteiger partial charge in [0, 0.05) is 13.1 Å². The molecule has 0 radical (unpaired) electrons. The number of hydrogen-bond donors (Lipinski definition) is 2. The van der Waals surface area contributed by atoms with E-state index in [1.165, 1.54) is 17.3 Å². The first-order valence-corrected chi connectivity index (χ1v) is 8.50. The minimum absolute atomic E-state index is 0.468. The summed E-state index contributed by atoms with van der Waals surface area (Å²) in [7, 11) is 2.12. The lowest BCUT2D eigenvalue weighted by molar-refractivity contribution is -0.159. The Morgan fingerprint density at radius 2 is 2.12 bits per heavy atom. The highest BCUT2D eigenvalue weighted by Gasteiger charge is 2.18. The molecule has 25 heavy (non-hydrogen) atoms. The van der Waals surface area contributed by atoms with Gasteiger partial charge in [0.1, 0.15) is 5.69 Å². The molecule has 2 N–H and O–H groups in total. The molecule has 0 spiro atoms. The van der Waals surface area contributed by atoms with Crippen LogP contribution in [0.3, 0.4) is 0 Å². The van der Waals surface area contributed by atoms with Crippen LogP contribution in [0.2, 0.25) is 0 Å². The predicted molar refractivity (Wildman–Crippen MR) is 94.7 cm³/mol. The number of ether oxygens (including phenoxy) is 1. The molecule has 1 aromatic heterocycles. The Labute approximate surface area is 150 Å². The van der Waals surface area contributed by atoms with Crippen LogP contribution in [0, 0.1) is 5.92 Å². The van der Waals surface area contributed by atoms with Crippen molar-refractivity contribution in [1.82, 2.24) is 13.6 Å². The van der Waals surface area contributed by atoms with Crippen LogP contribution in [-0.4, -0.2) is 62.5 Å². The molecule has 0 saturated heterocycles. The van der Waals surface area contributed by atoms with Gasteiger partial charge < -0.3 is 19.8 Å². The van der Waals surface area contributed by atoms with Crippen molar-refractivity contribution in [3.05, 3.63) is 24.4 Å². The van der Waals surface area contributed by atoms with Gasteiger partial charge in [-0.05, 0) is 31.4 Å². The fraction of sp³-hybridized carbons (Fsp3) is 0.500. The lowest BCUT2D eigenvalue weighted by Crippen LogP contribution is -2.25. The van der Waals surface area contributed by atoms with Crippen molar-refractivity contribution in [2.24, 2.45) is 5.92 Å². The molecular formula is C16H23N3O5S. The average molecular weight is 369 g/mol. The van der Waals surface area contributed by atoms with E-state index in [0.29, 0.717) is 18.4 Å². The van der Waals surface area contributed by atoms with Gasteiger partial charge in [0.05, 0.1) is 18.3 Å². The molecule has 0 fully saturated rings. The van der Waals surface area contributed by atoms with Crippen molar-refractivity contribution >= 4 is 29.2 Å². The smallest absolute Gasteiger partial charge is 0.414 e. The van der Waals surface area contributed by atoms with Crippen LogP contribution in [0.4, 0.5) is 0 Å². The average Bonchev–Trinajstić information content (AvgIpc) is 3.03. The molecule has 1 aliphatic rings. The van der Waals surface area contributed by atoms with Gasteiger partial charge in [-0.3, -0.25) is 0 Å². The zero-order valence-corrected chi connectivity index (χ0v) is 15.2. The molecule has 2 heterocycles. The summed E-state index contributed by atoms with van der Waals surface area (Å²) in [6, 6.07) is 0. The number of aliphatic carboxylic acids is 2. The van der Waals surface area contributed by atoms with E-state index in [1.807, 2.05) is 6.08 Å². The number of rotatable bonds is 6. The molecule has 1 aliphatic heterocycles. The van der Waals surface area contributed by atoms with Crippen LogP contribution in [-0.2, 0) is 9.59 Å². The third-order valence-corrected chi connectivity index (χ3v) is 4.01. The summed E-state index contributed by atoms with van der Waals surface area (Å²) < 4.78 is 14.4. The van der Waals surface area contributed by atoms with Crippen molar-refractivity contribution in [2.45, 2.75) is 19.8 Å².